The Labute approximate surface area is 151 Å². The standard InChI is InChI=1S/C17H22N4O3S/c1-3-24-15-7-5-4-6-13(15)10-20-11-14(18-19-20)17-21(8-9-23-2)16(22)12-25-17/h4-7,11,17H,3,8-10,12H2,1-2H3. The first-order chi connectivity index (χ1) is 12.2. The normalized spacial score (nSPS) is 17.3. The molecule has 0 aliphatic carbocycles. The van der Waals surface area contributed by atoms with Gasteiger partial charge in [-0.1, -0.05) is 23.4 Å². The van der Waals surface area contributed by atoms with E-state index in [1.807, 2.05) is 37.4 Å². The molecule has 1 unspecified atom stereocenters. The summed E-state index contributed by atoms with van der Waals surface area (Å²) >= 11 is 1.57. The Morgan fingerprint density at radius 2 is 2.20 bits per heavy atom. The maximum atomic E-state index is 12.1. The van der Waals surface area contributed by atoms with Crippen LogP contribution in [-0.4, -0.2) is 58.4 Å². The van der Waals surface area contributed by atoms with Crippen molar-refractivity contribution in [2.24, 2.45) is 0 Å². The average molecular weight is 362 g/mol. The predicted octanol–water partition coefficient (Wildman–Crippen LogP) is 1.95. The van der Waals surface area contributed by atoms with Crippen LogP contribution >= 0.6 is 11.8 Å². The second kappa shape index (κ2) is 8.35. The van der Waals surface area contributed by atoms with Crippen LogP contribution in [-0.2, 0) is 16.1 Å². The predicted molar refractivity (Wildman–Crippen MR) is 95.5 cm³/mol. The number of thioether (sulfide) groups is 1. The van der Waals surface area contributed by atoms with E-state index in [-0.39, 0.29) is 11.3 Å². The number of carbonyl (C=O) groups excluding carboxylic acids is 1. The minimum absolute atomic E-state index is 0.0986. The van der Waals surface area contributed by atoms with Gasteiger partial charge in [-0.15, -0.1) is 16.9 Å². The Bertz CT molecular complexity index is 721. The molecule has 134 valence electrons. The number of rotatable bonds is 8. The molecule has 8 heteroatoms. The quantitative estimate of drug-likeness (QED) is 0.715. The molecule has 25 heavy (non-hydrogen) atoms. The minimum Gasteiger partial charge on any atom is -0.494 e. The summed E-state index contributed by atoms with van der Waals surface area (Å²) in [6.07, 6.45) is 1.90. The van der Waals surface area contributed by atoms with Gasteiger partial charge in [-0.25, -0.2) is 4.68 Å². The van der Waals surface area contributed by atoms with Crippen molar-refractivity contribution in [2.45, 2.75) is 18.8 Å². The minimum atomic E-state index is -0.0986. The van der Waals surface area contributed by atoms with Gasteiger partial charge in [0.2, 0.25) is 5.91 Å². The second-order valence-electron chi connectivity index (χ2n) is 5.63. The molecular formula is C17H22N4O3S. The highest BCUT2D eigenvalue weighted by atomic mass is 32.2. The van der Waals surface area contributed by atoms with Crippen molar-refractivity contribution in [2.75, 3.05) is 32.6 Å². The zero-order valence-electron chi connectivity index (χ0n) is 14.4. The number of nitrogens with zero attached hydrogens (tertiary/aromatic N) is 4. The van der Waals surface area contributed by atoms with Gasteiger partial charge in [0.05, 0.1) is 31.7 Å². The zero-order valence-corrected chi connectivity index (χ0v) is 15.2. The molecule has 1 fully saturated rings. The lowest BCUT2D eigenvalue weighted by Crippen LogP contribution is -2.31. The molecule has 0 N–H and O–H groups in total. The van der Waals surface area contributed by atoms with Crippen LogP contribution in [0.3, 0.4) is 0 Å². The van der Waals surface area contributed by atoms with Gasteiger partial charge in [0.1, 0.15) is 16.8 Å². The Kier molecular flexibility index (Phi) is 5.93. The van der Waals surface area contributed by atoms with E-state index >= 15 is 0 Å². The molecule has 0 saturated carbocycles. The average Bonchev–Trinajstić information content (AvgIpc) is 3.21. The van der Waals surface area contributed by atoms with E-state index in [1.54, 1.807) is 28.5 Å². The number of hydrogen-bond acceptors (Lipinski definition) is 6. The van der Waals surface area contributed by atoms with Gasteiger partial charge in [0.15, 0.2) is 0 Å². The van der Waals surface area contributed by atoms with Gasteiger partial charge in [-0.05, 0) is 13.0 Å². The maximum absolute atomic E-state index is 12.1. The van der Waals surface area contributed by atoms with Gasteiger partial charge in [-0.2, -0.15) is 0 Å². The number of benzene rings is 1. The number of ether oxygens (including phenoxy) is 2. The van der Waals surface area contributed by atoms with Crippen LogP contribution in [0.25, 0.3) is 0 Å². The van der Waals surface area contributed by atoms with E-state index in [4.69, 9.17) is 9.47 Å². The molecule has 2 heterocycles. The Morgan fingerprint density at radius 3 is 3.00 bits per heavy atom. The van der Waals surface area contributed by atoms with Gasteiger partial charge in [0.25, 0.3) is 0 Å². The van der Waals surface area contributed by atoms with E-state index < -0.39 is 0 Å². The first-order valence-corrected chi connectivity index (χ1v) is 9.28. The summed E-state index contributed by atoms with van der Waals surface area (Å²) in [6, 6.07) is 7.91. The molecule has 1 amide bonds. The second-order valence-corrected chi connectivity index (χ2v) is 6.69. The first kappa shape index (κ1) is 17.8. The number of aromatic nitrogens is 3. The Balaban J connectivity index is 1.73. The third kappa shape index (κ3) is 4.13. The smallest absolute Gasteiger partial charge is 0.233 e. The lowest BCUT2D eigenvalue weighted by atomic mass is 10.2. The van der Waals surface area contributed by atoms with Crippen molar-refractivity contribution in [1.82, 2.24) is 19.9 Å². The summed E-state index contributed by atoms with van der Waals surface area (Å²) in [4.78, 5) is 13.9. The highest BCUT2D eigenvalue weighted by molar-refractivity contribution is 8.00. The molecule has 1 aliphatic heterocycles. The molecular weight excluding hydrogens is 340 g/mol. The summed E-state index contributed by atoms with van der Waals surface area (Å²) in [5.74, 6) is 1.44. The van der Waals surface area contributed by atoms with E-state index in [1.165, 1.54) is 0 Å². The van der Waals surface area contributed by atoms with Crippen LogP contribution in [0.1, 0.15) is 23.6 Å². The highest BCUT2D eigenvalue weighted by Gasteiger charge is 2.34. The van der Waals surface area contributed by atoms with Crippen LogP contribution in [0.4, 0.5) is 0 Å². The summed E-state index contributed by atoms with van der Waals surface area (Å²) in [5.41, 5.74) is 1.84. The lowest BCUT2D eigenvalue weighted by Gasteiger charge is -2.21. The number of methoxy groups -OCH3 is 1. The fourth-order valence-electron chi connectivity index (χ4n) is 2.74. The molecule has 0 bridgehead atoms. The summed E-state index contributed by atoms with van der Waals surface area (Å²) in [7, 11) is 1.63. The van der Waals surface area contributed by atoms with Crippen molar-refractivity contribution < 1.29 is 14.3 Å². The van der Waals surface area contributed by atoms with Crippen molar-refractivity contribution in [3.05, 3.63) is 41.7 Å². The fraction of sp³-hybridized carbons (Fsp3) is 0.471. The number of amides is 1. The molecule has 0 spiro atoms. The third-order valence-electron chi connectivity index (χ3n) is 3.92. The topological polar surface area (TPSA) is 69.5 Å². The van der Waals surface area contributed by atoms with Gasteiger partial charge < -0.3 is 14.4 Å². The van der Waals surface area contributed by atoms with Crippen LogP contribution < -0.4 is 4.74 Å². The molecule has 0 radical (unpaired) electrons. The Morgan fingerprint density at radius 1 is 1.36 bits per heavy atom. The molecule has 1 aromatic carbocycles. The van der Waals surface area contributed by atoms with Crippen LogP contribution in [0, 0.1) is 0 Å². The van der Waals surface area contributed by atoms with Crippen LogP contribution in [0.15, 0.2) is 30.5 Å². The molecule has 3 rings (SSSR count). The molecule has 1 atom stereocenters. The summed E-state index contributed by atoms with van der Waals surface area (Å²) in [6.45, 7) is 4.24. The van der Waals surface area contributed by atoms with Crippen LogP contribution in [0.2, 0.25) is 0 Å². The van der Waals surface area contributed by atoms with Crippen molar-refractivity contribution in [3.8, 4) is 5.75 Å². The van der Waals surface area contributed by atoms with E-state index in [2.05, 4.69) is 10.3 Å². The summed E-state index contributed by atoms with van der Waals surface area (Å²) < 4.78 is 12.5. The van der Waals surface area contributed by atoms with Crippen LogP contribution in [0.5, 0.6) is 5.75 Å². The first-order valence-electron chi connectivity index (χ1n) is 8.23. The molecule has 1 saturated heterocycles. The number of hydrogen-bond donors (Lipinski definition) is 0. The summed E-state index contributed by atoms with van der Waals surface area (Å²) in [5, 5.41) is 8.41. The lowest BCUT2D eigenvalue weighted by molar-refractivity contribution is -0.128. The number of para-hydroxylation sites is 1. The van der Waals surface area contributed by atoms with Gasteiger partial charge in [-0.3, -0.25) is 4.79 Å². The molecule has 1 aromatic heterocycles. The number of carbonyl (C=O) groups is 1. The highest BCUT2D eigenvalue weighted by Crippen LogP contribution is 2.37. The van der Waals surface area contributed by atoms with Gasteiger partial charge >= 0.3 is 0 Å². The molecule has 7 nitrogen and oxygen atoms in total. The largest absolute Gasteiger partial charge is 0.494 e. The zero-order chi connectivity index (χ0) is 17.6. The third-order valence-corrected chi connectivity index (χ3v) is 5.14. The molecule has 1 aliphatic rings. The van der Waals surface area contributed by atoms with Crippen molar-refractivity contribution in [3.63, 3.8) is 0 Å². The monoisotopic (exact) mass is 362 g/mol. The Hall–Kier alpha value is -2.06. The maximum Gasteiger partial charge on any atom is 0.233 e. The van der Waals surface area contributed by atoms with E-state index in [0.717, 1.165) is 17.0 Å². The fourth-order valence-corrected chi connectivity index (χ4v) is 3.89. The van der Waals surface area contributed by atoms with E-state index in [0.29, 0.717) is 32.1 Å². The van der Waals surface area contributed by atoms with Gasteiger partial charge in [0, 0.05) is 19.2 Å². The SMILES string of the molecule is CCOc1ccccc1Cn1cc(C2SCC(=O)N2CCOC)nn1. The van der Waals surface area contributed by atoms with E-state index in [9.17, 15) is 4.79 Å². The van der Waals surface area contributed by atoms with Crippen molar-refractivity contribution in [1.29, 1.82) is 0 Å². The molecule has 2 aromatic rings. The van der Waals surface area contributed by atoms with Crippen molar-refractivity contribution >= 4 is 17.7 Å².